The van der Waals surface area contributed by atoms with Crippen molar-refractivity contribution in [1.29, 1.82) is 5.26 Å². The van der Waals surface area contributed by atoms with Gasteiger partial charge in [-0.25, -0.2) is 0 Å². The minimum atomic E-state index is 0.308. The number of rotatable bonds is 5. The number of nitriles is 1. The molecule has 0 radical (unpaired) electrons. The van der Waals surface area contributed by atoms with Gasteiger partial charge in [0.1, 0.15) is 6.07 Å². The van der Waals surface area contributed by atoms with Crippen LogP contribution in [0.25, 0.3) is 0 Å². The van der Waals surface area contributed by atoms with E-state index in [9.17, 15) is 5.26 Å². The van der Waals surface area contributed by atoms with Crippen LogP contribution in [0.15, 0.2) is 23.1 Å². The van der Waals surface area contributed by atoms with Gasteiger partial charge in [0.15, 0.2) is 0 Å². The first-order valence-electron chi connectivity index (χ1n) is 6.56. The predicted octanol–water partition coefficient (Wildman–Crippen LogP) is 2.07. The standard InChI is InChI=1S/C14H19N3OS/c1-2-19-14-5-3-4-13(12(14)8-15)17-9-11-10-18-7-6-16-11/h3-5,11,16-17H,2,6-7,9-10H2,1H3. The molecule has 1 aromatic carbocycles. The molecule has 1 heterocycles. The van der Waals surface area contributed by atoms with E-state index in [4.69, 9.17) is 4.74 Å². The van der Waals surface area contributed by atoms with E-state index in [-0.39, 0.29) is 0 Å². The number of nitrogens with zero attached hydrogens (tertiary/aromatic N) is 1. The van der Waals surface area contributed by atoms with Gasteiger partial charge in [-0.1, -0.05) is 13.0 Å². The number of thioether (sulfide) groups is 1. The largest absolute Gasteiger partial charge is 0.382 e. The Morgan fingerprint density at radius 3 is 3.16 bits per heavy atom. The van der Waals surface area contributed by atoms with E-state index >= 15 is 0 Å². The fraction of sp³-hybridized carbons (Fsp3) is 0.500. The minimum absolute atomic E-state index is 0.308. The number of nitrogens with one attached hydrogen (secondary N) is 2. The van der Waals surface area contributed by atoms with Crippen LogP contribution in [0.3, 0.4) is 0 Å². The summed E-state index contributed by atoms with van der Waals surface area (Å²) in [6.07, 6.45) is 0. The number of ether oxygens (including phenoxy) is 1. The number of benzene rings is 1. The molecule has 1 saturated heterocycles. The van der Waals surface area contributed by atoms with E-state index in [0.717, 1.165) is 48.2 Å². The van der Waals surface area contributed by atoms with Gasteiger partial charge in [-0.2, -0.15) is 5.26 Å². The fourth-order valence-electron chi connectivity index (χ4n) is 2.05. The molecule has 5 heteroatoms. The lowest BCUT2D eigenvalue weighted by Crippen LogP contribution is -2.45. The van der Waals surface area contributed by atoms with Gasteiger partial charge in [-0.15, -0.1) is 11.8 Å². The molecule has 2 rings (SSSR count). The highest BCUT2D eigenvalue weighted by molar-refractivity contribution is 7.99. The number of hydrogen-bond donors (Lipinski definition) is 2. The molecule has 1 aliphatic heterocycles. The van der Waals surface area contributed by atoms with Gasteiger partial charge in [0.25, 0.3) is 0 Å². The van der Waals surface area contributed by atoms with Crippen LogP contribution in [0.4, 0.5) is 5.69 Å². The second-order valence-corrected chi connectivity index (χ2v) is 5.64. The average Bonchev–Trinajstić information content (AvgIpc) is 2.46. The predicted molar refractivity (Wildman–Crippen MR) is 78.7 cm³/mol. The highest BCUT2D eigenvalue weighted by Gasteiger charge is 2.14. The van der Waals surface area contributed by atoms with E-state index in [1.165, 1.54) is 0 Å². The van der Waals surface area contributed by atoms with Crippen LogP contribution >= 0.6 is 11.8 Å². The zero-order valence-electron chi connectivity index (χ0n) is 11.1. The SMILES string of the molecule is CCSc1cccc(NCC2COCCN2)c1C#N. The second-order valence-electron chi connectivity index (χ2n) is 4.33. The van der Waals surface area contributed by atoms with Crippen molar-refractivity contribution in [2.75, 3.05) is 37.4 Å². The Morgan fingerprint density at radius 2 is 2.47 bits per heavy atom. The molecule has 0 bridgehead atoms. The summed E-state index contributed by atoms with van der Waals surface area (Å²) in [5.41, 5.74) is 1.65. The maximum absolute atomic E-state index is 9.32. The lowest BCUT2D eigenvalue weighted by atomic mass is 10.2. The lowest BCUT2D eigenvalue weighted by Gasteiger charge is -2.24. The summed E-state index contributed by atoms with van der Waals surface area (Å²) in [4.78, 5) is 1.04. The van der Waals surface area contributed by atoms with Crippen molar-refractivity contribution in [3.05, 3.63) is 23.8 Å². The number of anilines is 1. The molecule has 0 amide bonds. The normalized spacial score (nSPS) is 18.8. The summed E-state index contributed by atoms with van der Waals surface area (Å²) < 4.78 is 5.42. The van der Waals surface area contributed by atoms with Crippen molar-refractivity contribution in [1.82, 2.24) is 5.32 Å². The van der Waals surface area contributed by atoms with Crippen molar-refractivity contribution in [3.8, 4) is 6.07 Å². The highest BCUT2D eigenvalue weighted by Crippen LogP contribution is 2.27. The summed E-state index contributed by atoms with van der Waals surface area (Å²) in [5.74, 6) is 0.968. The Bertz CT molecular complexity index is 452. The molecule has 102 valence electrons. The van der Waals surface area contributed by atoms with Crippen molar-refractivity contribution in [2.24, 2.45) is 0 Å². The minimum Gasteiger partial charge on any atom is -0.382 e. The van der Waals surface area contributed by atoms with Crippen molar-refractivity contribution in [3.63, 3.8) is 0 Å². The number of morpholine rings is 1. The van der Waals surface area contributed by atoms with Gasteiger partial charge < -0.3 is 15.4 Å². The third-order valence-electron chi connectivity index (χ3n) is 2.98. The zero-order chi connectivity index (χ0) is 13.5. The Hall–Kier alpha value is -1.22. The van der Waals surface area contributed by atoms with Crippen molar-refractivity contribution >= 4 is 17.4 Å². The Labute approximate surface area is 118 Å². The molecule has 0 saturated carbocycles. The van der Waals surface area contributed by atoms with Crippen LogP contribution in [0.1, 0.15) is 12.5 Å². The Balaban J connectivity index is 2.02. The molecule has 0 spiro atoms. The van der Waals surface area contributed by atoms with Gasteiger partial charge in [-0.3, -0.25) is 0 Å². The van der Waals surface area contributed by atoms with E-state index in [1.54, 1.807) is 11.8 Å². The topological polar surface area (TPSA) is 57.1 Å². The molecule has 0 aromatic heterocycles. The smallest absolute Gasteiger partial charge is 0.102 e. The highest BCUT2D eigenvalue weighted by atomic mass is 32.2. The average molecular weight is 277 g/mol. The molecule has 19 heavy (non-hydrogen) atoms. The zero-order valence-corrected chi connectivity index (χ0v) is 11.9. The maximum atomic E-state index is 9.32. The van der Waals surface area contributed by atoms with Gasteiger partial charge in [0.05, 0.1) is 24.5 Å². The van der Waals surface area contributed by atoms with Crippen LogP contribution in [-0.4, -0.2) is 38.1 Å². The second kappa shape index (κ2) is 7.39. The molecule has 1 aliphatic rings. The molecule has 1 atom stereocenters. The molecular formula is C14H19N3OS. The van der Waals surface area contributed by atoms with Crippen molar-refractivity contribution < 1.29 is 4.74 Å². The van der Waals surface area contributed by atoms with E-state index in [2.05, 4.69) is 23.6 Å². The van der Waals surface area contributed by atoms with Gasteiger partial charge >= 0.3 is 0 Å². The molecule has 1 unspecified atom stereocenters. The van der Waals surface area contributed by atoms with Crippen molar-refractivity contribution in [2.45, 2.75) is 17.9 Å². The van der Waals surface area contributed by atoms with Gasteiger partial charge in [-0.05, 0) is 17.9 Å². The van der Waals surface area contributed by atoms with E-state index in [0.29, 0.717) is 6.04 Å². The molecular weight excluding hydrogens is 258 g/mol. The van der Waals surface area contributed by atoms with Crippen LogP contribution < -0.4 is 10.6 Å². The van der Waals surface area contributed by atoms with Crippen LogP contribution in [0.2, 0.25) is 0 Å². The van der Waals surface area contributed by atoms with Crippen LogP contribution in [0.5, 0.6) is 0 Å². The van der Waals surface area contributed by atoms with Gasteiger partial charge in [0.2, 0.25) is 0 Å². The maximum Gasteiger partial charge on any atom is 0.102 e. The monoisotopic (exact) mass is 277 g/mol. The molecule has 1 aromatic rings. The Morgan fingerprint density at radius 1 is 1.58 bits per heavy atom. The van der Waals surface area contributed by atoms with E-state index < -0.39 is 0 Å². The third kappa shape index (κ3) is 3.87. The third-order valence-corrected chi connectivity index (χ3v) is 3.92. The van der Waals surface area contributed by atoms with Gasteiger partial charge in [0, 0.05) is 24.0 Å². The van der Waals surface area contributed by atoms with Crippen LogP contribution in [-0.2, 0) is 4.74 Å². The fourth-order valence-corrected chi connectivity index (χ4v) is 2.84. The first-order valence-corrected chi connectivity index (χ1v) is 7.54. The summed E-state index contributed by atoms with van der Waals surface area (Å²) in [6, 6.07) is 8.56. The summed E-state index contributed by atoms with van der Waals surface area (Å²) in [6.45, 7) is 5.26. The molecule has 0 aliphatic carbocycles. The first kappa shape index (κ1) is 14.2. The Kier molecular flexibility index (Phi) is 5.52. The molecule has 4 nitrogen and oxygen atoms in total. The summed E-state index contributed by atoms with van der Waals surface area (Å²) >= 11 is 1.70. The van der Waals surface area contributed by atoms with E-state index in [1.807, 2.05) is 18.2 Å². The quantitative estimate of drug-likeness (QED) is 0.807. The number of hydrogen-bond acceptors (Lipinski definition) is 5. The molecule has 1 fully saturated rings. The van der Waals surface area contributed by atoms with Crippen LogP contribution in [0, 0.1) is 11.3 Å². The lowest BCUT2D eigenvalue weighted by molar-refractivity contribution is 0.0806. The summed E-state index contributed by atoms with van der Waals surface area (Å²) in [7, 11) is 0. The summed E-state index contributed by atoms with van der Waals surface area (Å²) in [5, 5.41) is 16.1. The molecule has 2 N–H and O–H groups in total. The first-order chi connectivity index (χ1) is 9.35.